The molecule has 2 aliphatic heterocycles. The predicted octanol–water partition coefficient (Wildman–Crippen LogP) is 6.07. The Morgan fingerprint density at radius 3 is 1.73 bits per heavy atom. The number of benzene rings is 2. The van der Waals surface area contributed by atoms with Gasteiger partial charge in [-0.1, -0.05) is 38.1 Å². The van der Waals surface area contributed by atoms with Crippen molar-refractivity contribution in [3.63, 3.8) is 0 Å². The van der Waals surface area contributed by atoms with Gasteiger partial charge in [-0.05, 0) is 87.6 Å². The minimum atomic E-state index is -0.633. The first-order valence-corrected chi connectivity index (χ1v) is 13.6. The zero-order valence-electron chi connectivity index (χ0n) is 24.0. The van der Waals surface area contributed by atoms with Crippen molar-refractivity contribution in [2.24, 2.45) is 5.92 Å². The number of urea groups is 1. The van der Waals surface area contributed by atoms with E-state index in [1.807, 2.05) is 27.7 Å². The zero-order chi connectivity index (χ0) is 29.2. The normalized spacial score (nSPS) is 21.4. The monoisotopic (exact) mass is 550 g/mol. The molecule has 1 atom stereocenters. The van der Waals surface area contributed by atoms with Gasteiger partial charge in [-0.25, -0.2) is 13.6 Å². The van der Waals surface area contributed by atoms with Crippen molar-refractivity contribution in [1.82, 2.24) is 10.2 Å². The quantitative estimate of drug-likeness (QED) is 0.350. The van der Waals surface area contributed by atoms with Crippen molar-refractivity contribution in [3.8, 4) is 0 Å². The lowest BCUT2D eigenvalue weighted by molar-refractivity contribution is -0.113. The minimum absolute atomic E-state index is 0.0700. The number of carbonyl (C=O) groups is 2. The van der Waals surface area contributed by atoms with E-state index in [0.717, 1.165) is 0 Å². The molecule has 212 valence electrons. The Hall–Kier alpha value is -3.30. The lowest BCUT2D eigenvalue weighted by Crippen LogP contribution is -2.54. The van der Waals surface area contributed by atoms with Crippen LogP contribution < -0.4 is 5.32 Å². The molecule has 0 saturated carbocycles. The first kappa shape index (κ1) is 29.7. The zero-order valence-corrected chi connectivity index (χ0v) is 24.0. The molecule has 0 unspecified atom stereocenters. The smallest absolute Gasteiger partial charge is 0.402 e. The fraction of sp³-hybridized carbons (Fsp3) is 0.419. The van der Waals surface area contributed by atoms with Gasteiger partial charge in [0.2, 0.25) is 0 Å². The van der Waals surface area contributed by atoms with E-state index in [2.05, 4.69) is 19.2 Å². The fourth-order valence-corrected chi connectivity index (χ4v) is 4.75. The number of carbonyl (C=O) groups excluding carboxylic acids is 2. The molecule has 4 rings (SSSR count). The Morgan fingerprint density at radius 1 is 0.900 bits per heavy atom. The highest BCUT2D eigenvalue weighted by atomic mass is 19.1. The van der Waals surface area contributed by atoms with E-state index < -0.39 is 24.3 Å². The average Bonchev–Trinajstić information content (AvgIpc) is 3.10. The molecule has 2 aliphatic rings. The summed E-state index contributed by atoms with van der Waals surface area (Å²) in [6.45, 7) is 12.1. The van der Waals surface area contributed by atoms with Crippen LogP contribution in [0.3, 0.4) is 0 Å². The molecule has 9 heteroatoms. The van der Waals surface area contributed by atoms with E-state index in [-0.39, 0.29) is 42.5 Å². The van der Waals surface area contributed by atoms with E-state index in [9.17, 15) is 18.4 Å². The molecular formula is C31H37BF2N2O4. The van der Waals surface area contributed by atoms with Crippen LogP contribution >= 0.6 is 0 Å². The van der Waals surface area contributed by atoms with Crippen LogP contribution in [0.25, 0.3) is 12.2 Å². The lowest BCUT2D eigenvalue weighted by Gasteiger charge is -2.32. The molecule has 0 aliphatic carbocycles. The van der Waals surface area contributed by atoms with Crippen LogP contribution in [0.5, 0.6) is 0 Å². The van der Waals surface area contributed by atoms with Crippen molar-refractivity contribution in [1.29, 1.82) is 0 Å². The van der Waals surface area contributed by atoms with Crippen molar-refractivity contribution in [3.05, 3.63) is 82.4 Å². The Labute approximate surface area is 235 Å². The molecular weight excluding hydrogens is 513 g/mol. The SMILES string of the molecule is CC(C)C[C@H](NC(=O)N1C/C(=C\c2ccc(F)cc2)C(=O)/C(=C/c2ccc(F)cc2)C1)B1OC(C)(C)C(C)(C)O1. The second-order valence-electron chi connectivity index (χ2n) is 11.9. The first-order valence-electron chi connectivity index (χ1n) is 13.6. The molecule has 2 fully saturated rings. The molecule has 6 nitrogen and oxygen atoms in total. The number of ketones is 1. The van der Waals surface area contributed by atoms with E-state index >= 15 is 0 Å². The Morgan fingerprint density at radius 2 is 1.32 bits per heavy atom. The van der Waals surface area contributed by atoms with Crippen molar-refractivity contribution in [2.75, 3.05) is 13.1 Å². The molecule has 2 aromatic carbocycles. The van der Waals surface area contributed by atoms with Gasteiger partial charge >= 0.3 is 13.1 Å². The maximum atomic E-state index is 13.7. The van der Waals surface area contributed by atoms with Crippen molar-refractivity contribution < 1.29 is 27.7 Å². The van der Waals surface area contributed by atoms with Crippen LogP contribution in [0, 0.1) is 17.6 Å². The number of rotatable bonds is 6. The number of Topliss-reactive ketones (excluding diaryl/α,β-unsaturated/α-hetero) is 1. The third-order valence-electron chi connectivity index (χ3n) is 7.65. The summed E-state index contributed by atoms with van der Waals surface area (Å²) in [6.07, 6.45) is 3.96. The Balaban J connectivity index is 1.63. The van der Waals surface area contributed by atoms with Gasteiger partial charge in [-0.3, -0.25) is 4.79 Å². The van der Waals surface area contributed by atoms with Crippen LogP contribution in [-0.2, 0) is 14.1 Å². The van der Waals surface area contributed by atoms with Gasteiger partial charge in [-0.15, -0.1) is 0 Å². The number of nitrogens with one attached hydrogen (secondary N) is 1. The molecule has 2 saturated heterocycles. The first-order chi connectivity index (χ1) is 18.7. The number of hydrogen-bond acceptors (Lipinski definition) is 4. The molecule has 1 N–H and O–H groups in total. The summed E-state index contributed by atoms with van der Waals surface area (Å²) in [6, 6.07) is 11.2. The molecule has 2 aromatic rings. The minimum Gasteiger partial charge on any atom is -0.402 e. The van der Waals surface area contributed by atoms with Crippen LogP contribution in [-0.4, -0.2) is 54.1 Å². The summed E-state index contributed by atoms with van der Waals surface area (Å²) in [4.78, 5) is 28.7. The van der Waals surface area contributed by atoms with Crippen LogP contribution in [0.4, 0.5) is 13.6 Å². The van der Waals surface area contributed by atoms with Gasteiger partial charge < -0.3 is 19.5 Å². The van der Waals surface area contributed by atoms with E-state index in [1.54, 1.807) is 41.3 Å². The van der Waals surface area contributed by atoms with E-state index in [0.29, 0.717) is 28.7 Å². The van der Waals surface area contributed by atoms with E-state index in [4.69, 9.17) is 9.31 Å². The Bertz CT molecular complexity index is 1220. The highest BCUT2D eigenvalue weighted by molar-refractivity contribution is 6.48. The molecule has 0 radical (unpaired) electrons. The summed E-state index contributed by atoms with van der Waals surface area (Å²) >= 11 is 0. The summed E-state index contributed by atoms with van der Waals surface area (Å²) in [5.74, 6) is -1.14. The van der Waals surface area contributed by atoms with E-state index in [1.165, 1.54) is 24.3 Å². The number of hydrogen-bond donors (Lipinski definition) is 1. The maximum absolute atomic E-state index is 13.7. The van der Waals surface area contributed by atoms with Gasteiger partial charge in [0.25, 0.3) is 0 Å². The summed E-state index contributed by atoms with van der Waals surface area (Å²) in [5.41, 5.74) is 0.956. The molecule has 0 spiro atoms. The number of likely N-dealkylation sites (tertiary alicyclic amines) is 1. The van der Waals surface area contributed by atoms with Crippen LogP contribution in [0.2, 0.25) is 0 Å². The summed E-state index contributed by atoms with van der Waals surface area (Å²) in [5, 5.41) is 3.11. The third-order valence-corrected chi connectivity index (χ3v) is 7.65. The third kappa shape index (κ3) is 6.88. The predicted molar refractivity (Wildman–Crippen MR) is 153 cm³/mol. The molecule has 0 aromatic heterocycles. The molecule has 0 bridgehead atoms. The number of amides is 2. The number of piperidine rings is 1. The van der Waals surface area contributed by atoms with Gasteiger partial charge in [0.1, 0.15) is 11.6 Å². The fourth-order valence-electron chi connectivity index (χ4n) is 4.75. The second kappa shape index (κ2) is 11.7. The summed E-state index contributed by atoms with van der Waals surface area (Å²) < 4.78 is 39.5. The van der Waals surface area contributed by atoms with Gasteiger partial charge in [0.05, 0.1) is 30.2 Å². The topological polar surface area (TPSA) is 67.9 Å². The Kier molecular flexibility index (Phi) is 8.66. The summed E-state index contributed by atoms with van der Waals surface area (Å²) in [7, 11) is -0.633. The number of halogens is 2. The molecule has 40 heavy (non-hydrogen) atoms. The largest absolute Gasteiger partial charge is 0.481 e. The lowest BCUT2D eigenvalue weighted by atomic mass is 9.74. The second-order valence-corrected chi connectivity index (χ2v) is 11.9. The van der Waals surface area contributed by atoms with Gasteiger partial charge in [0.15, 0.2) is 5.78 Å². The molecule has 2 amide bonds. The molecule has 2 heterocycles. The average molecular weight is 550 g/mol. The van der Waals surface area contributed by atoms with Gasteiger partial charge in [0, 0.05) is 11.1 Å². The standard InChI is InChI=1S/C31H37BF2N2O4/c1-20(2)15-27(32-39-30(3,4)31(5,6)40-32)35-29(38)36-18-23(16-21-7-11-25(33)12-8-21)28(37)24(19-36)17-22-9-13-26(34)14-10-22/h7-14,16-17,20,27H,15,18-19H2,1-6H3,(H,35,38)/b23-16+,24-17+/t27-/m0/s1. The van der Waals surface area contributed by atoms with Crippen LogP contribution in [0.1, 0.15) is 59.1 Å². The van der Waals surface area contributed by atoms with Crippen LogP contribution in [0.15, 0.2) is 59.7 Å². The highest BCUT2D eigenvalue weighted by Crippen LogP contribution is 2.38. The maximum Gasteiger partial charge on any atom is 0.481 e. The highest BCUT2D eigenvalue weighted by Gasteiger charge is 2.54. The van der Waals surface area contributed by atoms with Gasteiger partial charge in [-0.2, -0.15) is 0 Å². The number of nitrogens with zero attached hydrogens (tertiary/aromatic N) is 1. The van der Waals surface area contributed by atoms with Crippen molar-refractivity contribution >= 4 is 31.1 Å². The van der Waals surface area contributed by atoms with Crippen molar-refractivity contribution in [2.45, 2.75) is 65.1 Å².